The number of sulfonamides is 1. The summed E-state index contributed by atoms with van der Waals surface area (Å²) in [6.45, 7) is 1.51. The Labute approximate surface area is 99.1 Å². The molecular formula is C7H7F2IN2O2S. The van der Waals surface area contributed by atoms with Crippen LogP contribution in [0.4, 0.5) is 8.78 Å². The lowest BCUT2D eigenvalue weighted by Gasteiger charge is -2.09. The summed E-state index contributed by atoms with van der Waals surface area (Å²) in [6.07, 6.45) is -2.92. The first-order valence-corrected chi connectivity index (χ1v) is 6.34. The molecule has 1 aromatic heterocycles. The van der Waals surface area contributed by atoms with Gasteiger partial charge < -0.3 is 0 Å². The standard InChI is InChI=1S/C7H7F2IN2O2S/c1-3-2-4(15(11,13)14)5(6(8)9)7(10)12-3/h2,6H,1H3,(H2,11,13,14). The van der Waals surface area contributed by atoms with Gasteiger partial charge in [0.2, 0.25) is 10.0 Å². The van der Waals surface area contributed by atoms with E-state index in [1.54, 1.807) is 22.6 Å². The van der Waals surface area contributed by atoms with Gasteiger partial charge in [0.1, 0.15) is 3.70 Å². The smallest absolute Gasteiger partial charge is 0.247 e. The van der Waals surface area contributed by atoms with Crippen LogP contribution in [0.25, 0.3) is 0 Å². The van der Waals surface area contributed by atoms with Crippen molar-refractivity contribution in [2.45, 2.75) is 18.2 Å². The Kier molecular flexibility index (Phi) is 3.61. The monoisotopic (exact) mass is 348 g/mol. The number of alkyl halides is 2. The van der Waals surface area contributed by atoms with E-state index < -0.39 is 26.9 Å². The Balaban J connectivity index is 3.62. The van der Waals surface area contributed by atoms with Crippen LogP contribution in [0.1, 0.15) is 17.7 Å². The van der Waals surface area contributed by atoms with Gasteiger partial charge in [0.05, 0.1) is 10.5 Å². The maximum Gasteiger partial charge on any atom is 0.267 e. The Hall–Kier alpha value is -0.350. The van der Waals surface area contributed by atoms with Crippen LogP contribution < -0.4 is 5.14 Å². The predicted molar refractivity (Wildman–Crippen MR) is 58.0 cm³/mol. The molecule has 84 valence electrons. The fourth-order valence-electron chi connectivity index (χ4n) is 1.05. The van der Waals surface area contributed by atoms with E-state index in [0.717, 1.165) is 6.07 Å². The Morgan fingerprint density at radius 2 is 2.07 bits per heavy atom. The minimum atomic E-state index is -4.15. The molecule has 0 radical (unpaired) electrons. The first-order chi connectivity index (χ1) is 6.73. The molecule has 0 aromatic carbocycles. The fourth-order valence-corrected chi connectivity index (χ4v) is 2.97. The van der Waals surface area contributed by atoms with Crippen LogP contribution in [0.3, 0.4) is 0 Å². The third kappa shape index (κ3) is 2.82. The summed E-state index contributed by atoms with van der Waals surface area (Å²) in [5, 5.41) is 4.84. The number of rotatable bonds is 2. The highest BCUT2D eigenvalue weighted by Crippen LogP contribution is 2.29. The minimum Gasteiger partial charge on any atom is -0.247 e. The second-order valence-corrected chi connectivity index (χ2v) is 5.36. The SMILES string of the molecule is Cc1cc(S(N)(=O)=O)c(C(F)F)c(I)n1. The molecule has 8 heteroatoms. The van der Waals surface area contributed by atoms with Gasteiger partial charge in [-0.25, -0.2) is 27.3 Å². The molecule has 0 bridgehead atoms. The predicted octanol–water partition coefficient (Wildman–Crippen LogP) is 1.58. The van der Waals surface area contributed by atoms with Gasteiger partial charge in [-0.3, -0.25) is 0 Å². The van der Waals surface area contributed by atoms with E-state index >= 15 is 0 Å². The molecule has 1 aromatic rings. The van der Waals surface area contributed by atoms with Crippen LogP contribution in [0.5, 0.6) is 0 Å². The van der Waals surface area contributed by atoms with Crippen molar-refractivity contribution < 1.29 is 17.2 Å². The van der Waals surface area contributed by atoms with Gasteiger partial charge in [0.15, 0.2) is 0 Å². The van der Waals surface area contributed by atoms with Crippen LogP contribution in [-0.4, -0.2) is 13.4 Å². The van der Waals surface area contributed by atoms with E-state index in [9.17, 15) is 17.2 Å². The van der Waals surface area contributed by atoms with Gasteiger partial charge in [-0.1, -0.05) is 0 Å². The molecule has 1 heterocycles. The van der Waals surface area contributed by atoms with Crippen LogP contribution >= 0.6 is 22.6 Å². The minimum absolute atomic E-state index is 0.0494. The first kappa shape index (κ1) is 12.7. The molecule has 0 saturated heterocycles. The van der Waals surface area contributed by atoms with Crippen molar-refractivity contribution in [2.24, 2.45) is 5.14 Å². The molecule has 4 nitrogen and oxygen atoms in total. The number of aryl methyl sites for hydroxylation is 1. The summed E-state index contributed by atoms with van der Waals surface area (Å²) in [5.41, 5.74) is -0.309. The molecule has 0 saturated carbocycles. The van der Waals surface area contributed by atoms with E-state index in [4.69, 9.17) is 5.14 Å². The Bertz CT molecular complexity index is 490. The van der Waals surface area contributed by atoms with Gasteiger partial charge in [0, 0.05) is 5.69 Å². The van der Waals surface area contributed by atoms with E-state index in [-0.39, 0.29) is 3.70 Å². The van der Waals surface area contributed by atoms with Crippen molar-refractivity contribution in [1.29, 1.82) is 0 Å². The maximum atomic E-state index is 12.6. The van der Waals surface area contributed by atoms with Gasteiger partial charge in [-0.2, -0.15) is 0 Å². The summed E-state index contributed by atoms with van der Waals surface area (Å²) in [4.78, 5) is 3.19. The highest BCUT2D eigenvalue weighted by molar-refractivity contribution is 14.1. The topological polar surface area (TPSA) is 73.1 Å². The second kappa shape index (κ2) is 4.26. The first-order valence-electron chi connectivity index (χ1n) is 3.71. The van der Waals surface area contributed by atoms with Crippen LogP contribution in [0.15, 0.2) is 11.0 Å². The molecule has 0 amide bonds. The highest BCUT2D eigenvalue weighted by Gasteiger charge is 2.24. The number of hydrogen-bond donors (Lipinski definition) is 1. The van der Waals surface area contributed by atoms with Crippen LogP contribution in [0.2, 0.25) is 0 Å². The van der Waals surface area contributed by atoms with E-state index in [0.29, 0.717) is 5.69 Å². The lowest BCUT2D eigenvalue weighted by Crippen LogP contribution is -2.16. The largest absolute Gasteiger partial charge is 0.267 e. The van der Waals surface area contributed by atoms with Crippen LogP contribution in [-0.2, 0) is 10.0 Å². The molecule has 1 rings (SSSR count). The third-order valence-electron chi connectivity index (χ3n) is 1.63. The number of hydrogen-bond acceptors (Lipinski definition) is 3. The number of aromatic nitrogens is 1. The molecule has 0 aliphatic rings. The summed E-state index contributed by atoms with van der Waals surface area (Å²) in [6, 6.07) is 1.04. The van der Waals surface area contributed by atoms with E-state index in [1.165, 1.54) is 6.92 Å². The highest BCUT2D eigenvalue weighted by atomic mass is 127. The average molecular weight is 348 g/mol. The molecule has 0 aliphatic carbocycles. The van der Waals surface area contributed by atoms with Gasteiger partial charge >= 0.3 is 0 Å². The van der Waals surface area contributed by atoms with Crippen molar-refractivity contribution >= 4 is 32.6 Å². The maximum absolute atomic E-state index is 12.6. The number of nitrogens with zero attached hydrogens (tertiary/aromatic N) is 1. The summed E-state index contributed by atoms with van der Waals surface area (Å²) in [5.74, 6) is 0. The molecule has 0 fully saturated rings. The second-order valence-electron chi connectivity index (χ2n) is 2.81. The quantitative estimate of drug-likeness (QED) is 0.652. The van der Waals surface area contributed by atoms with Crippen molar-refractivity contribution in [3.05, 3.63) is 21.0 Å². The molecule has 0 unspecified atom stereocenters. The number of nitrogens with two attached hydrogens (primary N) is 1. The summed E-state index contributed by atoms with van der Waals surface area (Å²) < 4.78 is 47.3. The molecule has 15 heavy (non-hydrogen) atoms. The van der Waals surface area contributed by atoms with Crippen molar-refractivity contribution in [3.63, 3.8) is 0 Å². The van der Waals surface area contributed by atoms with Crippen molar-refractivity contribution in [2.75, 3.05) is 0 Å². The Morgan fingerprint density at radius 3 is 2.47 bits per heavy atom. The fraction of sp³-hybridized carbons (Fsp3) is 0.286. The van der Waals surface area contributed by atoms with Crippen molar-refractivity contribution in [3.8, 4) is 0 Å². The van der Waals surface area contributed by atoms with Gasteiger partial charge in [-0.05, 0) is 35.6 Å². The lowest BCUT2D eigenvalue weighted by atomic mass is 10.2. The third-order valence-corrected chi connectivity index (χ3v) is 3.40. The van der Waals surface area contributed by atoms with E-state index in [1.807, 2.05) is 0 Å². The number of pyridine rings is 1. The van der Waals surface area contributed by atoms with Gasteiger partial charge in [-0.15, -0.1) is 0 Å². The molecular weight excluding hydrogens is 341 g/mol. The molecule has 0 aliphatic heterocycles. The zero-order chi connectivity index (χ0) is 11.8. The number of primary sulfonamides is 1. The van der Waals surface area contributed by atoms with Crippen LogP contribution in [0, 0.1) is 10.6 Å². The molecule has 0 spiro atoms. The number of halogens is 3. The van der Waals surface area contributed by atoms with Gasteiger partial charge in [0.25, 0.3) is 6.43 Å². The van der Waals surface area contributed by atoms with E-state index in [2.05, 4.69) is 4.98 Å². The zero-order valence-electron chi connectivity index (χ0n) is 7.54. The summed E-state index contributed by atoms with van der Waals surface area (Å²) in [7, 11) is -4.15. The lowest BCUT2D eigenvalue weighted by molar-refractivity contribution is 0.146. The van der Waals surface area contributed by atoms with Crippen molar-refractivity contribution in [1.82, 2.24) is 4.98 Å². The normalized spacial score (nSPS) is 12.1. The molecule has 2 N–H and O–H groups in total. The average Bonchev–Trinajstić information content (AvgIpc) is 1.99. The zero-order valence-corrected chi connectivity index (χ0v) is 10.5. The Morgan fingerprint density at radius 1 is 1.53 bits per heavy atom. The molecule has 0 atom stereocenters. The summed E-state index contributed by atoms with van der Waals surface area (Å²) >= 11 is 1.56.